The third kappa shape index (κ3) is 7.01. The van der Waals surface area contributed by atoms with Crippen molar-refractivity contribution in [3.8, 4) is 17.2 Å². The molecule has 5 nitrogen and oxygen atoms in total. The van der Waals surface area contributed by atoms with Gasteiger partial charge in [0, 0.05) is 18.6 Å². The van der Waals surface area contributed by atoms with Gasteiger partial charge in [-0.25, -0.2) is 4.79 Å². The summed E-state index contributed by atoms with van der Waals surface area (Å²) in [4.78, 5) is 11.9. The van der Waals surface area contributed by atoms with E-state index >= 15 is 0 Å². The van der Waals surface area contributed by atoms with Crippen LogP contribution in [0, 0.1) is 0 Å². The molecule has 2 aromatic rings. The summed E-state index contributed by atoms with van der Waals surface area (Å²) in [6.07, 6.45) is -4.10. The SMILES string of the molecule is O=C(OCCCOc1c(Cl)cc(O)cc1Cl)c1ccc(OCC(F)(F)F)cc1. The maximum Gasteiger partial charge on any atom is 0.422 e. The third-order valence-corrected chi connectivity index (χ3v) is 3.81. The number of rotatable bonds is 8. The van der Waals surface area contributed by atoms with Gasteiger partial charge >= 0.3 is 12.1 Å². The fourth-order valence-electron chi connectivity index (χ4n) is 2.02. The molecule has 28 heavy (non-hydrogen) atoms. The molecule has 0 saturated heterocycles. The van der Waals surface area contributed by atoms with Gasteiger partial charge in [-0.05, 0) is 24.3 Å². The quantitative estimate of drug-likeness (QED) is 0.449. The van der Waals surface area contributed by atoms with Gasteiger partial charge in [0.05, 0.1) is 28.8 Å². The predicted molar refractivity (Wildman–Crippen MR) is 96.5 cm³/mol. The molecule has 0 aliphatic heterocycles. The number of alkyl halides is 3. The van der Waals surface area contributed by atoms with E-state index in [1.54, 1.807) is 0 Å². The summed E-state index contributed by atoms with van der Waals surface area (Å²) in [5, 5.41) is 9.64. The Kier molecular flexibility index (Phi) is 7.65. The monoisotopic (exact) mass is 438 g/mol. The average molecular weight is 439 g/mol. The second-order valence-electron chi connectivity index (χ2n) is 5.50. The Hall–Kier alpha value is -2.32. The second kappa shape index (κ2) is 9.75. The van der Waals surface area contributed by atoms with Crippen LogP contribution in [0.4, 0.5) is 13.2 Å². The van der Waals surface area contributed by atoms with Crippen LogP contribution >= 0.6 is 23.2 Å². The molecule has 0 aromatic heterocycles. The van der Waals surface area contributed by atoms with Crippen molar-refractivity contribution >= 4 is 29.2 Å². The Morgan fingerprint density at radius 1 is 1.00 bits per heavy atom. The van der Waals surface area contributed by atoms with E-state index in [1.165, 1.54) is 36.4 Å². The van der Waals surface area contributed by atoms with E-state index in [1.807, 2.05) is 0 Å². The van der Waals surface area contributed by atoms with Crippen LogP contribution in [0.15, 0.2) is 36.4 Å². The minimum absolute atomic E-state index is 0.00932. The van der Waals surface area contributed by atoms with Gasteiger partial charge in [0.2, 0.25) is 0 Å². The summed E-state index contributed by atoms with van der Waals surface area (Å²) in [5.41, 5.74) is 0.171. The molecular formula is C18H15Cl2F3O5. The Morgan fingerprint density at radius 3 is 2.18 bits per heavy atom. The van der Waals surface area contributed by atoms with Gasteiger partial charge < -0.3 is 19.3 Å². The standard InChI is InChI=1S/C18H15Cl2F3O5/c19-14-8-12(24)9-15(20)16(14)26-6-1-7-27-17(25)11-2-4-13(5-3-11)28-10-18(21,22)23/h2-5,8-9,24H,1,6-7,10H2. The first-order chi connectivity index (χ1) is 13.2. The van der Waals surface area contributed by atoms with Crippen molar-refractivity contribution in [1.29, 1.82) is 0 Å². The zero-order valence-corrected chi connectivity index (χ0v) is 15.8. The van der Waals surface area contributed by atoms with Crippen LogP contribution in [0.5, 0.6) is 17.2 Å². The summed E-state index contributed by atoms with van der Waals surface area (Å²) in [6.45, 7) is -1.22. The van der Waals surface area contributed by atoms with Crippen LogP contribution in [-0.4, -0.2) is 37.1 Å². The van der Waals surface area contributed by atoms with Crippen LogP contribution in [0.25, 0.3) is 0 Å². The number of benzene rings is 2. The summed E-state index contributed by atoms with van der Waals surface area (Å²) < 4.78 is 51.3. The summed E-state index contributed by atoms with van der Waals surface area (Å²) in [6, 6.07) is 7.68. The van der Waals surface area contributed by atoms with Crippen molar-refractivity contribution in [3.05, 3.63) is 52.0 Å². The number of aromatic hydroxyl groups is 1. The average Bonchev–Trinajstić information content (AvgIpc) is 2.61. The molecule has 0 radical (unpaired) electrons. The Balaban J connectivity index is 1.74. The third-order valence-electron chi connectivity index (χ3n) is 3.24. The molecule has 0 heterocycles. The molecule has 0 saturated carbocycles. The molecule has 2 rings (SSSR count). The number of carbonyl (C=O) groups is 1. The highest BCUT2D eigenvalue weighted by molar-refractivity contribution is 6.37. The summed E-state index contributed by atoms with van der Waals surface area (Å²) >= 11 is 11.8. The Labute approximate surface area is 168 Å². The molecule has 152 valence electrons. The van der Waals surface area contributed by atoms with E-state index in [-0.39, 0.29) is 46.1 Å². The smallest absolute Gasteiger partial charge is 0.422 e. The number of phenols is 1. The Bertz CT molecular complexity index is 787. The van der Waals surface area contributed by atoms with Gasteiger partial charge in [0.25, 0.3) is 0 Å². The largest absolute Gasteiger partial charge is 0.508 e. The highest BCUT2D eigenvalue weighted by Gasteiger charge is 2.28. The normalized spacial score (nSPS) is 11.2. The van der Waals surface area contributed by atoms with Crippen molar-refractivity contribution in [1.82, 2.24) is 0 Å². The molecule has 10 heteroatoms. The number of esters is 1. The molecule has 0 aliphatic carbocycles. The first-order valence-electron chi connectivity index (χ1n) is 7.93. The fraction of sp³-hybridized carbons (Fsp3) is 0.278. The van der Waals surface area contributed by atoms with Crippen molar-refractivity contribution in [2.45, 2.75) is 12.6 Å². The molecular weight excluding hydrogens is 424 g/mol. The molecule has 2 aromatic carbocycles. The van der Waals surface area contributed by atoms with Crippen LogP contribution in [-0.2, 0) is 4.74 Å². The molecule has 0 fully saturated rings. The summed E-state index contributed by atoms with van der Waals surface area (Å²) in [5.74, 6) is -0.527. The second-order valence-corrected chi connectivity index (χ2v) is 6.32. The molecule has 0 unspecified atom stereocenters. The number of hydrogen-bond donors (Lipinski definition) is 1. The number of ether oxygens (including phenoxy) is 3. The lowest BCUT2D eigenvalue weighted by Crippen LogP contribution is -2.19. The van der Waals surface area contributed by atoms with Crippen molar-refractivity contribution < 1.29 is 37.3 Å². The van der Waals surface area contributed by atoms with E-state index in [0.717, 1.165) is 0 Å². The zero-order chi connectivity index (χ0) is 20.7. The maximum absolute atomic E-state index is 12.1. The first-order valence-corrected chi connectivity index (χ1v) is 8.69. The van der Waals surface area contributed by atoms with E-state index < -0.39 is 18.8 Å². The van der Waals surface area contributed by atoms with E-state index in [9.17, 15) is 23.1 Å². The van der Waals surface area contributed by atoms with Gasteiger partial charge in [-0.2, -0.15) is 13.2 Å². The van der Waals surface area contributed by atoms with Gasteiger partial charge in [-0.3, -0.25) is 0 Å². The molecule has 0 aliphatic rings. The van der Waals surface area contributed by atoms with Crippen LogP contribution < -0.4 is 9.47 Å². The fourth-order valence-corrected chi connectivity index (χ4v) is 2.60. The van der Waals surface area contributed by atoms with Gasteiger partial charge in [-0.1, -0.05) is 23.2 Å². The lowest BCUT2D eigenvalue weighted by Gasteiger charge is -2.11. The van der Waals surface area contributed by atoms with Crippen molar-refractivity contribution in [3.63, 3.8) is 0 Å². The zero-order valence-electron chi connectivity index (χ0n) is 14.3. The molecule has 0 spiro atoms. The number of carbonyl (C=O) groups excluding carboxylic acids is 1. The van der Waals surface area contributed by atoms with Gasteiger partial charge in [0.1, 0.15) is 11.5 Å². The maximum atomic E-state index is 12.1. The minimum atomic E-state index is -4.44. The number of halogens is 5. The first kappa shape index (κ1) is 22.0. The van der Waals surface area contributed by atoms with Gasteiger partial charge in [-0.15, -0.1) is 0 Å². The topological polar surface area (TPSA) is 65.0 Å². The molecule has 0 amide bonds. The highest BCUT2D eigenvalue weighted by Crippen LogP contribution is 2.36. The molecule has 1 N–H and O–H groups in total. The van der Waals surface area contributed by atoms with Crippen LogP contribution in [0.2, 0.25) is 10.0 Å². The van der Waals surface area contributed by atoms with Crippen LogP contribution in [0.1, 0.15) is 16.8 Å². The number of hydrogen-bond acceptors (Lipinski definition) is 5. The molecule has 0 bridgehead atoms. The summed E-state index contributed by atoms with van der Waals surface area (Å²) in [7, 11) is 0. The lowest BCUT2D eigenvalue weighted by atomic mass is 10.2. The number of phenolic OH excluding ortho intramolecular Hbond substituents is 1. The van der Waals surface area contributed by atoms with E-state index in [0.29, 0.717) is 6.42 Å². The minimum Gasteiger partial charge on any atom is -0.508 e. The van der Waals surface area contributed by atoms with Crippen LogP contribution in [0.3, 0.4) is 0 Å². The molecule has 0 atom stereocenters. The Morgan fingerprint density at radius 2 is 1.61 bits per heavy atom. The van der Waals surface area contributed by atoms with Gasteiger partial charge in [0.15, 0.2) is 12.4 Å². The highest BCUT2D eigenvalue weighted by atomic mass is 35.5. The lowest BCUT2D eigenvalue weighted by molar-refractivity contribution is -0.153. The van der Waals surface area contributed by atoms with Crippen molar-refractivity contribution in [2.75, 3.05) is 19.8 Å². The van der Waals surface area contributed by atoms with Crippen molar-refractivity contribution in [2.24, 2.45) is 0 Å². The van der Waals surface area contributed by atoms with E-state index in [2.05, 4.69) is 4.74 Å². The predicted octanol–water partition coefficient (Wildman–Crippen LogP) is 5.27. The van der Waals surface area contributed by atoms with E-state index in [4.69, 9.17) is 32.7 Å².